The van der Waals surface area contributed by atoms with Crippen molar-refractivity contribution >= 4 is 22.7 Å². The standard InChI is InChI=1S/C21H30FN5O3/c1-21(2,3)18(20(29)24-12-23)25-19(28)16-14-5-4-6-15(22)17(14)27(26-16)11-13-7-9-30-10-8-13/h4-6,13,18H,7-12,23H2,1-3H3,(H,24,29)(H,25,28). The predicted octanol–water partition coefficient (Wildman–Crippen LogP) is 1.78. The molecule has 1 aliphatic heterocycles. The van der Waals surface area contributed by atoms with Crippen LogP contribution in [0.3, 0.4) is 0 Å². The summed E-state index contributed by atoms with van der Waals surface area (Å²) in [5.41, 5.74) is 5.27. The zero-order valence-corrected chi connectivity index (χ0v) is 17.7. The molecular formula is C21H30FN5O3. The molecule has 3 rings (SSSR count). The van der Waals surface area contributed by atoms with Crippen molar-refractivity contribution in [2.75, 3.05) is 19.9 Å². The van der Waals surface area contributed by atoms with Crippen LogP contribution in [0.4, 0.5) is 4.39 Å². The number of para-hydroxylation sites is 1. The number of hydrogen-bond acceptors (Lipinski definition) is 5. The topological polar surface area (TPSA) is 111 Å². The van der Waals surface area contributed by atoms with Crippen LogP contribution in [0.5, 0.6) is 0 Å². The first-order valence-corrected chi connectivity index (χ1v) is 10.2. The summed E-state index contributed by atoms with van der Waals surface area (Å²) in [5, 5.41) is 10.2. The third kappa shape index (κ3) is 4.79. The molecule has 0 bridgehead atoms. The van der Waals surface area contributed by atoms with Gasteiger partial charge in [-0.25, -0.2) is 4.39 Å². The Balaban J connectivity index is 1.93. The van der Waals surface area contributed by atoms with E-state index in [1.54, 1.807) is 16.8 Å². The molecule has 1 fully saturated rings. The molecule has 1 saturated heterocycles. The van der Waals surface area contributed by atoms with Gasteiger partial charge in [0.25, 0.3) is 5.91 Å². The Bertz CT molecular complexity index is 915. The Morgan fingerprint density at radius 3 is 2.67 bits per heavy atom. The van der Waals surface area contributed by atoms with Crippen LogP contribution in [0.15, 0.2) is 18.2 Å². The van der Waals surface area contributed by atoms with Gasteiger partial charge in [0.05, 0.1) is 6.67 Å². The first-order chi connectivity index (χ1) is 14.2. The lowest BCUT2D eigenvalue weighted by atomic mass is 9.86. The monoisotopic (exact) mass is 419 g/mol. The second-order valence-electron chi connectivity index (χ2n) is 8.74. The van der Waals surface area contributed by atoms with Crippen molar-refractivity contribution in [2.24, 2.45) is 17.1 Å². The molecule has 0 spiro atoms. The van der Waals surface area contributed by atoms with Crippen molar-refractivity contribution in [3.63, 3.8) is 0 Å². The molecule has 1 atom stereocenters. The van der Waals surface area contributed by atoms with E-state index < -0.39 is 23.2 Å². The number of fused-ring (bicyclic) bond motifs is 1. The highest BCUT2D eigenvalue weighted by Gasteiger charge is 2.34. The van der Waals surface area contributed by atoms with Gasteiger partial charge in [0.15, 0.2) is 5.69 Å². The van der Waals surface area contributed by atoms with Crippen LogP contribution in [0.1, 0.15) is 44.1 Å². The van der Waals surface area contributed by atoms with Gasteiger partial charge in [0.1, 0.15) is 17.4 Å². The number of nitrogens with zero attached hydrogens (tertiary/aromatic N) is 2. The van der Waals surface area contributed by atoms with Gasteiger partial charge in [-0.05, 0) is 30.2 Å². The van der Waals surface area contributed by atoms with E-state index in [4.69, 9.17) is 10.5 Å². The van der Waals surface area contributed by atoms with Crippen LogP contribution in [0, 0.1) is 17.2 Å². The summed E-state index contributed by atoms with van der Waals surface area (Å²) in [7, 11) is 0. The molecule has 0 saturated carbocycles. The lowest BCUT2D eigenvalue weighted by Gasteiger charge is -2.30. The van der Waals surface area contributed by atoms with Crippen molar-refractivity contribution in [3.05, 3.63) is 29.7 Å². The van der Waals surface area contributed by atoms with E-state index in [9.17, 15) is 14.0 Å². The molecule has 4 N–H and O–H groups in total. The van der Waals surface area contributed by atoms with Crippen LogP contribution in [0.2, 0.25) is 0 Å². The SMILES string of the molecule is CC(C)(C)C(NC(=O)c1nn(CC2CCOCC2)c2c(F)cccc12)C(=O)NCN. The number of ether oxygens (including phenoxy) is 1. The first kappa shape index (κ1) is 22.2. The Morgan fingerprint density at radius 2 is 2.03 bits per heavy atom. The van der Waals surface area contributed by atoms with E-state index in [2.05, 4.69) is 15.7 Å². The number of hydrogen-bond donors (Lipinski definition) is 3. The minimum absolute atomic E-state index is 0.0326. The molecule has 1 aliphatic rings. The number of rotatable bonds is 6. The van der Waals surface area contributed by atoms with E-state index in [1.165, 1.54) is 6.07 Å². The average molecular weight is 420 g/mol. The lowest BCUT2D eigenvalue weighted by Crippen LogP contribution is -2.54. The van der Waals surface area contributed by atoms with Gasteiger partial charge in [-0.15, -0.1) is 0 Å². The summed E-state index contributed by atoms with van der Waals surface area (Å²) < 4.78 is 21.6. The maximum absolute atomic E-state index is 14.7. The van der Waals surface area contributed by atoms with Crippen molar-refractivity contribution < 1.29 is 18.7 Å². The third-order valence-corrected chi connectivity index (χ3v) is 5.39. The van der Waals surface area contributed by atoms with Crippen molar-refractivity contribution in [3.8, 4) is 0 Å². The summed E-state index contributed by atoms with van der Waals surface area (Å²) in [6.07, 6.45) is 1.73. The molecule has 2 heterocycles. The summed E-state index contributed by atoms with van der Waals surface area (Å²) in [6.45, 7) is 7.34. The molecule has 0 radical (unpaired) electrons. The molecule has 1 aromatic heterocycles. The van der Waals surface area contributed by atoms with E-state index >= 15 is 0 Å². The number of amides is 2. The Kier molecular flexibility index (Phi) is 6.72. The van der Waals surface area contributed by atoms with Gasteiger partial charge in [0.2, 0.25) is 5.91 Å². The van der Waals surface area contributed by atoms with E-state index in [-0.39, 0.29) is 18.3 Å². The van der Waals surface area contributed by atoms with Crippen LogP contribution in [0.25, 0.3) is 10.9 Å². The quantitative estimate of drug-likeness (QED) is 0.618. The van der Waals surface area contributed by atoms with Gasteiger partial charge in [-0.3, -0.25) is 14.3 Å². The molecule has 9 heteroatoms. The van der Waals surface area contributed by atoms with Gasteiger partial charge in [-0.1, -0.05) is 32.9 Å². The van der Waals surface area contributed by atoms with Crippen molar-refractivity contribution in [1.82, 2.24) is 20.4 Å². The maximum Gasteiger partial charge on any atom is 0.273 e. The first-order valence-electron chi connectivity index (χ1n) is 10.2. The molecule has 8 nitrogen and oxygen atoms in total. The minimum Gasteiger partial charge on any atom is -0.381 e. The van der Waals surface area contributed by atoms with Gasteiger partial charge < -0.3 is 21.1 Å². The minimum atomic E-state index is -0.821. The zero-order valence-electron chi connectivity index (χ0n) is 17.7. The fourth-order valence-electron chi connectivity index (χ4n) is 3.74. The number of halogens is 1. The largest absolute Gasteiger partial charge is 0.381 e. The molecule has 1 aromatic carbocycles. The fourth-order valence-corrected chi connectivity index (χ4v) is 3.74. The Morgan fingerprint density at radius 1 is 1.33 bits per heavy atom. The van der Waals surface area contributed by atoms with Gasteiger partial charge in [0, 0.05) is 25.1 Å². The van der Waals surface area contributed by atoms with Gasteiger partial charge in [-0.2, -0.15) is 5.10 Å². The molecule has 1 unspecified atom stereocenters. The van der Waals surface area contributed by atoms with E-state index in [0.717, 1.165) is 12.8 Å². The summed E-state index contributed by atoms with van der Waals surface area (Å²) in [5.74, 6) is -1.03. The number of carbonyl (C=O) groups is 2. The summed E-state index contributed by atoms with van der Waals surface area (Å²) in [4.78, 5) is 25.5. The van der Waals surface area contributed by atoms with Crippen LogP contribution >= 0.6 is 0 Å². The Hall–Kier alpha value is -2.52. The van der Waals surface area contributed by atoms with E-state index in [0.29, 0.717) is 36.6 Å². The van der Waals surface area contributed by atoms with Crippen molar-refractivity contribution in [2.45, 2.75) is 46.2 Å². The Labute approximate surface area is 175 Å². The molecule has 30 heavy (non-hydrogen) atoms. The number of carbonyl (C=O) groups excluding carboxylic acids is 2. The average Bonchev–Trinajstić information content (AvgIpc) is 3.06. The highest BCUT2D eigenvalue weighted by Crippen LogP contribution is 2.26. The zero-order chi connectivity index (χ0) is 21.9. The smallest absolute Gasteiger partial charge is 0.273 e. The highest BCUT2D eigenvalue weighted by molar-refractivity contribution is 6.06. The second kappa shape index (κ2) is 9.09. The molecule has 2 aromatic rings. The fraction of sp³-hybridized carbons (Fsp3) is 0.571. The van der Waals surface area contributed by atoms with Crippen LogP contribution < -0.4 is 16.4 Å². The molecular weight excluding hydrogens is 389 g/mol. The molecule has 0 aliphatic carbocycles. The maximum atomic E-state index is 14.7. The van der Waals surface area contributed by atoms with Crippen LogP contribution in [-0.4, -0.2) is 47.5 Å². The lowest BCUT2D eigenvalue weighted by molar-refractivity contribution is -0.125. The number of nitrogens with two attached hydrogens (primary N) is 1. The summed E-state index contributed by atoms with van der Waals surface area (Å²) in [6, 6.07) is 3.76. The van der Waals surface area contributed by atoms with Crippen molar-refractivity contribution in [1.29, 1.82) is 0 Å². The normalized spacial score (nSPS) is 16.4. The highest BCUT2D eigenvalue weighted by atomic mass is 19.1. The molecule has 2 amide bonds. The number of nitrogens with one attached hydrogen (secondary N) is 2. The number of benzene rings is 1. The number of aromatic nitrogens is 2. The summed E-state index contributed by atoms with van der Waals surface area (Å²) >= 11 is 0. The predicted molar refractivity (Wildman–Crippen MR) is 111 cm³/mol. The molecule has 164 valence electrons. The second-order valence-corrected chi connectivity index (χ2v) is 8.74. The van der Waals surface area contributed by atoms with Crippen LogP contribution in [-0.2, 0) is 16.1 Å². The third-order valence-electron chi connectivity index (χ3n) is 5.39. The van der Waals surface area contributed by atoms with E-state index in [1.807, 2.05) is 20.8 Å². The van der Waals surface area contributed by atoms with Gasteiger partial charge >= 0.3 is 0 Å².